The predicted octanol–water partition coefficient (Wildman–Crippen LogP) is 1.76. The zero-order valence-corrected chi connectivity index (χ0v) is 16.0. The van der Waals surface area contributed by atoms with E-state index in [4.69, 9.17) is 12.2 Å². The molecule has 0 aliphatic carbocycles. The lowest BCUT2D eigenvalue weighted by atomic mass is 10.00. The number of nitrogens with zero attached hydrogens (tertiary/aromatic N) is 2. The molecule has 7 nitrogen and oxygen atoms in total. The number of hydrogen-bond donors (Lipinski definition) is 2. The molecule has 26 heavy (non-hydrogen) atoms. The van der Waals surface area contributed by atoms with E-state index in [2.05, 4.69) is 24.5 Å². The molecule has 3 amide bonds. The molecule has 0 spiro atoms. The highest BCUT2D eigenvalue weighted by atomic mass is 32.1. The highest BCUT2D eigenvalue weighted by Crippen LogP contribution is 2.33. The molecule has 3 rings (SSSR count). The number of carbonyl (C=O) groups excluding carboxylic acids is 3. The molecule has 0 radical (unpaired) electrons. The van der Waals surface area contributed by atoms with E-state index in [-0.39, 0.29) is 29.3 Å². The molecule has 1 aromatic rings. The second-order valence-electron chi connectivity index (χ2n) is 7.35. The smallest absolute Gasteiger partial charge is 0.248 e. The Labute approximate surface area is 157 Å². The van der Waals surface area contributed by atoms with Crippen LogP contribution in [0.15, 0.2) is 24.3 Å². The number of fused-ring (bicyclic) bond motifs is 1. The first-order chi connectivity index (χ1) is 12.1. The van der Waals surface area contributed by atoms with Crippen LogP contribution in [0.3, 0.4) is 0 Å². The van der Waals surface area contributed by atoms with Crippen LogP contribution in [-0.2, 0) is 14.4 Å². The monoisotopic (exact) mass is 374 g/mol. The molecule has 2 N–H and O–H groups in total. The van der Waals surface area contributed by atoms with Gasteiger partial charge in [-0.2, -0.15) is 5.01 Å². The van der Waals surface area contributed by atoms with Crippen LogP contribution in [0.4, 0.5) is 5.69 Å². The third kappa shape index (κ3) is 2.99. The van der Waals surface area contributed by atoms with Gasteiger partial charge in [-0.25, -0.2) is 5.01 Å². The number of hydrogen-bond acceptors (Lipinski definition) is 5. The Morgan fingerprint density at radius 3 is 2.46 bits per heavy atom. The van der Waals surface area contributed by atoms with E-state index in [0.717, 1.165) is 0 Å². The molecule has 0 bridgehead atoms. The number of nitrogens with one attached hydrogen (secondary N) is 2. The summed E-state index contributed by atoms with van der Waals surface area (Å²) in [6, 6.07) is 6.78. The van der Waals surface area contributed by atoms with Crippen LogP contribution in [0.5, 0.6) is 0 Å². The van der Waals surface area contributed by atoms with Crippen LogP contribution in [0.2, 0.25) is 0 Å². The van der Waals surface area contributed by atoms with Crippen molar-refractivity contribution >= 4 is 40.7 Å². The fraction of sp³-hybridized carbons (Fsp3) is 0.444. The molecule has 2 saturated heterocycles. The summed E-state index contributed by atoms with van der Waals surface area (Å²) >= 11 is 5.11. The van der Waals surface area contributed by atoms with E-state index in [1.54, 1.807) is 13.8 Å². The Morgan fingerprint density at radius 2 is 1.88 bits per heavy atom. The maximum absolute atomic E-state index is 12.8. The van der Waals surface area contributed by atoms with Crippen molar-refractivity contribution in [3.8, 4) is 0 Å². The van der Waals surface area contributed by atoms with Crippen molar-refractivity contribution in [2.45, 2.75) is 51.6 Å². The summed E-state index contributed by atoms with van der Waals surface area (Å²) in [6.45, 7) is 7.51. The van der Waals surface area contributed by atoms with Gasteiger partial charge in [-0.05, 0) is 49.7 Å². The van der Waals surface area contributed by atoms with Crippen molar-refractivity contribution in [2.75, 3.05) is 5.32 Å². The lowest BCUT2D eigenvalue weighted by molar-refractivity contribution is -0.154. The molecule has 1 aromatic carbocycles. The van der Waals surface area contributed by atoms with Crippen LogP contribution >= 0.6 is 12.2 Å². The van der Waals surface area contributed by atoms with Gasteiger partial charge in [0.1, 0.15) is 11.6 Å². The average molecular weight is 374 g/mol. The van der Waals surface area contributed by atoms with Crippen molar-refractivity contribution in [1.82, 2.24) is 15.3 Å². The summed E-state index contributed by atoms with van der Waals surface area (Å²) in [4.78, 5) is 37.5. The third-order valence-electron chi connectivity index (χ3n) is 4.80. The van der Waals surface area contributed by atoms with Crippen LogP contribution < -0.4 is 10.6 Å². The topological polar surface area (TPSA) is 81.8 Å². The fourth-order valence-corrected chi connectivity index (χ4v) is 3.52. The molecule has 2 aliphatic rings. The predicted molar refractivity (Wildman–Crippen MR) is 101 cm³/mol. The second-order valence-corrected chi connectivity index (χ2v) is 7.74. The zero-order valence-electron chi connectivity index (χ0n) is 15.2. The average Bonchev–Trinajstić information content (AvgIpc) is 2.92. The summed E-state index contributed by atoms with van der Waals surface area (Å²) in [6.07, 6.45) is -0.0333. The summed E-state index contributed by atoms with van der Waals surface area (Å²) in [7, 11) is 0. The number of benzene rings is 1. The fourth-order valence-electron chi connectivity index (χ4n) is 3.24. The quantitative estimate of drug-likeness (QED) is 0.788. The number of hydrazine groups is 1. The van der Waals surface area contributed by atoms with Gasteiger partial charge < -0.3 is 5.32 Å². The molecule has 2 aliphatic heterocycles. The second kappa shape index (κ2) is 6.44. The van der Waals surface area contributed by atoms with Gasteiger partial charge in [-0.3, -0.25) is 19.7 Å². The first-order valence-corrected chi connectivity index (χ1v) is 8.92. The Bertz CT molecular complexity index is 788. The Kier molecular flexibility index (Phi) is 4.58. The lowest BCUT2D eigenvalue weighted by Gasteiger charge is -2.45. The van der Waals surface area contributed by atoms with Crippen LogP contribution in [-0.4, -0.2) is 44.4 Å². The Balaban J connectivity index is 1.83. The van der Waals surface area contributed by atoms with Gasteiger partial charge in [0.05, 0.1) is 6.42 Å². The van der Waals surface area contributed by atoms with E-state index >= 15 is 0 Å². The summed E-state index contributed by atoms with van der Waals surface area (Å²) in [5, 5.41) is 8.07. The molecular weight excluding hydrogens is 352 g/mol. The van der Waals surface area contributed by atoms with E-state index in [1.165, 1.54) is 15.6 Å². The minimum atomic E-state index is -1.07. The molecule has 2 fully saturated rings. The summed E-state index contributed by atoms with van der Waals surface area (Å²) < 4.78 is 0. The van der Waals surface area contributed by atoms with E-state index in [1.807, 2.05) is 24.3 Å². The van der Waals surface area contributed by atoms with Crippen molar-refractivity contribution in [2.24, 2.45) is 0 Å². The van der Waals surface area contributed by atoms with Gasteiger partial charge in [0.25, 0.3) is 0 Å². The summed E-state index contributed by atoms with van der Waals surface area (Å²) in [5.74, 6) is -0.593. The number of carbonyl (C=O) groups is 3. The van der Waals surface area contributed by atoms with Crippen LogP contribution in [0.25, 0.3) is 0 Å². The number of amides is 3. The van der Waals surface area contributed by atoms with Crippen molar-refractivity contribution in [3.63, 3.8) is 0 Å². The Morgan fingerprint density at radius 1 is 1.27 bits per heavy atom. The minimum Gasteiger partial charge on any atom is -0.325 e. The number of anilines is 1. The third-order valence-corrected chi connectivity index (χ3v) is 5.08. The zero-order chi connectivity index (χ0) is 19.2. The van der Waals surface area contributed by atoms with Crippen molar-refractivity contribution < 1.29 is 14.4 Å². The Hall–Kier alpha value is -2.32. The molecule has 0 aromatic heterocycles. The van der Waals surface area contributed by atoms with Gasteiger partial charge in [-0.1, -0.05) is 26.0 Å². The maximum atomic E-state index is 12.8. The standard InChI is InChI=1S/C18H22N4O3S/c1-10(2)11-5-7-12(8-6-11)19-15(24)13-9-14(23)21-17(26)20-16(25)18(3,4)22(13)21/h5-8,10,13H,9H2,1-4H3,(H,19,24)(H,20,25,26)/t13-/m0/s1. The van der Waals surface area contributed by atoms with Gasteiger partial charge in [0.2, 0.25) is 17.7 Å². The highest BCUT2D eigenvalue weighted by Gasteiger charge is 2.56. The minimum absolute atomic E-state index is 0.0101. The van der Waals surface area contributed by atoms with Gasteiger partial charge in [0.15, 0.2) is 5.11 Å². The molecule has 138 valence electrons. The maximum Gasteiger partial charge on any atom is 0.248 e. The van der Waals surface area contributed by atoms with Crippen LogP contribution in [0, 0.1) is 0 Å². The van der Waals surface area contributed by atoms with Crippen LogP contribution in [0.1, 0.15) is 45.6 Å². The number of rotatable bonds is 3. The largest absolute Gasteiger partial charge is 0.325 e. The van der Waals surface area contributed by atoms with Gasteiger partial charge in [-0.15, -0.1) is 0 Å². The van der Waals surface area contributed by atoms with Crippen molar-refractivity contribution in [3.05, 3.63) is 29.8 Å². The number of thiocarbonyl (C=S) groups is 1. The first kappa shape index (κ1) is 18.5. The molecule has 0 saturated carbocycles. The highest BCUT2D eigenvalue weighted by molar-refractivity contribution is 7.80. The molecule has 0 unspecified atom stereocenters. The molecule has 1 atom stereocenters. The van der Waals surface area contributed by atoms with E-state index < -0.39 is 11.6 Å². The first-order valence-electron chi connectivity index (χ1n) is 8.51. The molecule has 2 heterocycles. The van der Waals surface area contributed by atoms with E-state index in [9.17, 15) is 14.4 Å². The summed E-state index contributed by atoms with van der Waals surface area (Å²) in [5.41, 5.74) is 0.745. The molecule has 8 heteroatoms. The van der Waals surface area contributed by atoms with E-state index in [0.29, 0.717) is 11.6 Å². The molecular formula is C18H22N4O3S. The van der Waals surface area contributed by atoms with Gasteiger partial charge in [0, 0.05) is 5.69 Å². The van der Waals surface area contributed by atoms with Gasteiger partial charge >= 0.3 is 0 Å². The van der Waals surface area contributed by atoms with Crippen molar-refractivity contribution in [1.29, 1.82) is 0 Å². The lowest BCUT2D eigenvalue weighted by Crippen LogP contribution is -2.71. The SMILES string of the molecule is CC(C)c1ccc(NC(=O)[C@@H]2CC(=O)N3C(=S)NC(=O)C(C)(C)N23)cc1. The normalized spacial score (nSPS) is 22.4.